The van der Waals surface area contributed by atoms with Crippen molar-refractivity contribution in [2.45, 2.75) is 32.1 Å². The number of benzene rings is 1. The van der Waals surface area contributed by atoms with Crippen LogP contribution >= 0.6 is 11.6 Å². The number of halogens is 1. The van der Waals surface area contributed by atoms with E-state index in [1.807, 2.05) is 0 Å². The summed E-state index contributed by atoms with van der Waals surface area (Å²) in [6.45, 7) is 0.726. The molecular formula is C18H17ClN5O4+. The van der Waals surface area contributed by atoms with Crippen LogP contribution in [0.4, 0.5) is 5.69 Å². The van der Waals surface area contributed by atoms with Crippen LogP contribution in [-0.2, 0) is 13.2 Å². The number of nitro groups is 1. The highest BCUT2D eigenvalue weighted by molar-refractivity contribution is 6.30. The molecule has 2 aromatic heterocycles. The number of pyridine rings is 1. The molecular weight excluding hydrogens is 386 g/mol. The fourth-order valence-corrected chi connectivity index (χ4v) is 3.14. The maximum absolute atomic E-state index is 12.1. The molecule has 10 heteroatoms. The fourth-order valence-electron chi connectivity index (χ4n) is 3.02. The molecule has 1 saturated carbocycles. The summed E-state index contributed by atoms with van der Waals surface area (Å²) in [4.78, 5) is 23.6. The molecule has 1 atom stereocenters. The van der Waals surface area contributed by atoms with Crippen molar-refractivity contribution in [3.05, 3.63) is 74.0 Å². The molecule has 1 fully saturated rings. The van der Waals surface area contributed by atoms with Crippen molar-refractivity contribution < 1.29 is 14.2 Å². The van der Waals surface area contributed by atoms with Gasteiger partial charge in [0.15, 0.2) is 13.2 Å². The third kappa shape index (κ3) is 4.10. The third-order valence-corrected chi connectivity index (χ3v) is 4.90. The van der Waals surface area contributed by atoms with Crippen molar-refractivity contribution in [1.82, 2.24) is 14.8 Å². The van der Waals surface area contributed by atoms with E-state index in [2.05, 4.69) is 10.2 Å². The lowest BCUT2D eigenvalue weighted by atomic mass is 10.2. The Hall–Kier alpha value is -3.04. The van der Waals surface area contributed by atoms with E-state index in [1.54, 1.807) is 24.3 Å². The summed E-state index contributed by atoms with van der Waals surface area (Å²) in [6, 6.07) is 9.88. The molecule has 2 heterocycles. The van der Waals surface area contributed by atoms with Gasteiger partial charge in [-0.05, 0) is 24.3 Å². The first-order chi connectivity index (χ1) is 13.5. The van der Waals surface area contributed by atoms with Crippen LogP contribution in [-0.4, -0.2) is 25.7 Å². The van der Waals surface area contributed by atoms with E-state index >= 15 is 0 Å². The summed E-state index contributed by atoms with van der Waals surface area (Å²) in [5, 5.41) is 19.8. The number of hydrogen-bond donors (Lipinski definition) is 1. The molecule has 1 unspecified atom stereocenters. The molecule has 3 aromatic rings. The van der Waals surface area contributed by atoms with E-state index in [-0.39, 0.29) is 11.2 Å². The summed E-state index contributed by atoms with van der Waals surface area (Å²) < 4.78 is 7.13. The largest absolute Gasteiger partial charge is 0.415 e. The number of quaternary nitrogens is 1. The molecule has 0 bridgehead atoms. The number of nitrogens with zero attached hydrogens (tertiary/aromatic N) is 4. The summed E-state index contributed by atoms with van der Waals surface area (Å²) in [7, 11) is 0. The number of hydrogen-bond acceptors (Lipinski definition) is 6. The van der Waals surface area contributed by atoms with Gasteiger partial charge < -0.3 is 9.32 Å². The quantitative estimate of drug-likeness (QED) is 0.475. The van der Waals surface area contributed by atoms with E-state index < -0.39 is 4.92 Å². The Bertz CT molecular complexity index is 1060. The Morgan fingerprint density at radius 2 is 1.96 bits per heavy atom. The molecule has 144 valence electrons. The molecule has 28 heavy (non-hydrogen) atoms. The highest BCUT2D eigenvalue weighted by atomic mass is 35.5. The van der Waals surface area contributed by atoms with Gasteiger partial charge in [-0.15, -0.1) is 10.2 Å². The summed E-state index contributed by atoms with van der Waals surface area (Å²) in [5.41, 5.74) is 0.375. The van der Waals surface area contributed by atoms with Crippen molar-refractivity contribution in [2.75, 3.05) is 0 Å². The van der Waals surface area contributed by atoms with Gasteiger partial charge in [-0.25, -0.2) is 0 Å². The maximum atomic E-state index is 12.1. The first kappa shape index (κ1) is 18.3. The first-order valence-corrected chi connectivity index (χ1v) is 9.15. The molecule has 0 radical (unpaired) electrons. The summed E-state index contributed by atoms with van der Waals surface area (Å²) in [5.74, 6) is 0.847. The predicted octanol–water partition coefficient (Wildman–Crippen LogP) is 1.66. The molecule has 1 aromatic carbocycles. The van der Waals surface area contributed by atoms with Crippen molar-refractivity contribution in [3.63, 3.8) is 0 Å². The molecule has 1 aliphatic rings. The summed E-state index contributed by atoms with van der Waals surface area (Å²) >= 11 is 5.90. The lowest BCUT2D eigenvalue weighted by molar-refractivity contribution is -0.948. The Kier molecular flexibility index (Phi) is 4.93. The fraction of sp³-hybridized carbons (Fsp3) is 0.278. The van der Waals surface area contributed by atoms with E-state index in [9.17, 15) is 14.9 Å². The van der Waals surface area contributed by atoms with Crippen LogP contribution in [0.2, 0.25) is 5.02 Å². The van der Waals surface area contributed by atoms with Crippen LogP contribution in [0.3, 0.4) is 0 Å². The van der Waals surface area contributed by atoms with Crippen LogP contribution in [0, 0.1) is 10.1 Å². The van der Waals surface area contributed by atoms with E-state index in [4.69, 9.17) is 16.0 Å². The zero-order valence-corrected chi connectivity index (χ0v) is 15.5. The SMILES string of the molecule is O=c1ccc([N+](=O)[O-])cn1C[NH+](Cc1nnc(-c2ccc(Cl)cc2)o1)C1CC1. The summed E-state index contributed by atoms with van der Waals surface area (Å²) in [6.07, 6.45) is 3.33. The minimum atomic E-state index is -0.511. The van der Waals surface area contributed by atoms with Gasteiger partial charge in [0.25, 0.3) is 17.1 Å². The second kappa shape index (κ2) is 7.53. The average molecular weight is 403 g/mol. The van der Waals surface area contributed by atoms with Gasteiger partial charge in [-0.1, -0.05) is 11.6 Å². The second-order valence-corrected chi connectivity index (χ2v) is 7.16. The van der Waals surface area contributed by atoms with Gasteiger partial charge in [0.05, 0.1) is 17.2 Å². The third-order valence-electron chi connectivity index (χ3n) is 4.64. The van der Waals surface area contributed by atoms with Crippen LogP contribution in [0.25, 0.3) is 11.5 Å². The van der Waals surface area contributed by atoms with Crippen LogP contribution < -0.4 is 10.5 Å². The normalized spacial score (nSPS) is 14.8. The molecule has 1 N–H and O–H groups in total. The monoisotopic (exact) mass is 402 g/mol. The van der Waals surface area contributed by atoms with Crippen molar-refractivity contribution in [1.29, 1.82) is 0 Å². The Balaban J connectivity index is 1.52. The molecule has 0 amide bonds. The highest BCUT2D eigenvalue weighted by Gasteiger charge is 2.35. The minimum Gasteiger partial charge on any atom is -0.415 e. The number of rotatable bonds is 7. The zero-order valence-electron chi connectivity index (χ0n) is 14.7. The van der Waals surface area contributed by atoms with E-state index in [0.717, 1.165) is 23.3 Å². The second-order valence-electron chi connectivity index (χ2n) is 6.73. The smallest absolute Gasteiger partial charge is 0.285 e. The first-order valence-electron chi connectivity index (χ1n) is 8.77. The minimum absolute atomic E-state index is 0.113. The predicted molar refractivity (Wildman–Crippen MR) is 99.8 cm³/mol. The van der Waals surface area contributed by atoms with Gasteiger partial charge in [0, 0.05) is 35.6 Å². The topological polar surface area (TPSA) is 108 Å². The van der Waals surface area contributed by atoms with Gasteiger partial charge in [-0.3, -0.25) is 19.5 Å². The average Bonchev–Trinajstić information content (AvgIpc) is 3.42. The number of aromatic nitrogens is 3. The van der Waals surface area contributed by atoms with Crippen molar-refractivity contribution in [3.8, 4) is 11.5 Å². The van der Waals surface area contributed by atoms with Crippen LogP contribution in [0.1, 0.15) is 18.7 Å². The van der Waals surface area contributed by atoms with Gasteiger partial charge in [0.2, 0.25) is 5.89 Å². The maximum Gasteiger partial charge on any atom is 0.285 e. The van der Waals surface area contributed by atoms with E-state index in [0.29, 0.717) is 36.1 Å². The molecule has 9 nitrogen and oxygen atoms in total. The Labute approximate surface area is 164 Å². The molecule has 0 spiro atoms. The van der Waals surface area contributed by atoms with Crippen LogP contribution in [0.5, 0.6) is 0 Å². The molecule has 0 saturated heterocycles. The van der Waals surface area contributed by atoms with Crippen molar-refractivity contribution in [2.24, 2.45) is 0 Å². The molecule has 0 aliphatic heterocycles. The highest BCUT2D eigenvalue weighted by Crippen LogP contribution is 2.20. The van der Waals surface area contributed by atoms with Gasteiger partial charge in [-0.2, -0.15) is 0 Å². The number of nitrogens with one attached hydrogen (secondary N) is 1. The van der Waals surface area contributed by atoms with Crippen molar-refractivity contribution >= 4 is 17.3 Å². The Morgan fingerprint density at radius 3 is 2.64 bits per heavy atom. The van der Waals surface area contributed by atoms with E-state index in [1.165, 1.54) is 22.9 Å². The standard InChI is InChI=1S/C18H16ClN5O4/c19-13-3-1-12(2-4-13)18-21-20-16(28-18)10-22(14-5-6-14)11-23-9-15(24(26)27)7-8-17(23)25/h1-4,7-9,14H,5-6,10-11H2/p+1. The zero-order chi connectivity index (χ0) is 19.7. The Morgan fingerprint density at radius 1 is 1.21 bits per heavy atom. The van der Waals surface area contributed by atoms with Gasteiger partial charge >= 0.3 is 0 Å². The van der Waals surface area contributed by atoms with Crippen LogP contribution in [0.15, 0.2) is 51.8 Å². The lowest BCUT2D eigenvalue weighted by Crippen LogP contribution is -3.11. The molecule has 1 aliphatic carbocycles. The molecule has 4 rings (SSSR count). The lowest BCUT2D eigenvalue weighted by Gasteiger charge is -2.18. The van der Waals surface area contributed by atoms with Gasteiger partial charge in [0.1, 0.15) is 0 Å².